The summed E-state index contributed by atoms with van der Waals surface area (Å²) in [5, 5.41) is 13.4. The number of non-ortho nitro benzene ring substituents is 1. The predicted octanol–water partition coefficient (Wildman–Crippen LogP) is 2.19. The van der Waals surface area contributed by atoms with Crippen molar-refractivity contribution >= 4 is 27.6 Å². The summed E-state index contributed by atoms with van der Waals surface area (Å²) in [7, 11) is -4.33. The van der Waals surface area contributed by atoms with E-state index >= 15 is 0 Å². The number of primary amides is 1. The Kier molecular flexibility index (Phi) is 7.04. The Morgan fingerprint density at radius 2 is 1.67 bits per heavy atom. The van der Waals surface area contributed by atoms with Crippen LogP contribution in [0.1, 0.15) is 15.9 Å². The van der Waals surface area contributed by atoms with E-state index in [1.54, 1.807) is 24.3 Å². The molecule has 0 saturated heterocycles. The number of nitro benzene ring substituents is 1. The molecule has 3 aromatic carbocycles. The number of carbonyl (C=O) groups is 2. The third-order valence-electron chi connectivity index (χ3n) is 4.57. The number of amides is 2. The lowest BCUT2D eigenvalue weighted by atomic mass is 10.0. The van der Waals surface area contributed by atoms with E-state index in [-0.39, 0.29) is 22.6 Å². The lowest BCUT2D eigenvalue weighted by Crippen LogP contribution is -2.45. The van der Waals surface area contributed by atoms with Crippen LogP contribution in [-0.4, -0.2) is 31.2 Å². The average Bonchev–Trinajstić information content (AvgIpc) is 2.79. The fourth-order valence-electron chi connectivity index (χ4n) is 2.90. The normalized spacial score (nSPS) is 11.9. The third-order valence-corrected chi connectivity index (χ3v) is 5.81. The Balaban J connectivity index is 1.70. The van der Waals surface area contributed by atoms with Gasteiger partial charge in [-0.15, -0.1) is 0 Å². The molecule has 10 nitrogen and oxygen atoms in total. The summed E-state index contributed by atoms with van der Waals surface area (Å²) in [5.41, 5.74) is 5.97. The molecule has 0 aliphatic rings. The van der Waals surface area contributed by atoms with Crippen molar-refractivity contribution in [1.82, 2.24) is 5.32 Å². The van der Waals surface area contributed by atoms with E-state index in [0.29, 0.717) is 0 Å². The minimum Gasteiger partial charge on any atom is -0.379 e. The zero-order chi connectivity index (χ0) is 24.0. The highest BCUT2D eigenvalue weighted by Crippen LogP contribution is 2.22. The van der Waals surface area contributed by atoms with Gasteiger partial charge in [-0.05, 0) is 35.9 Å². The number of nitrogens with zero attached hydrogens (tertiary/aromatic N) is 1. The largest absolute Gasteiger partial charge is 0.379 e. The summed E-state index contributed by atoms with van der Waals surface area (Å²) in [4.78, 5) is 34.0. The van der Waals surface area contributed by atoms with Gasteiger partial charge in [0.15, 0.2) is 0 Å². The summed E-state index contributed by atoms with van der Waals surface area (Å²) >= 11 is 0. The molecule has 1 atom stereocenters. The number of hydrogen-bond donors (Lipinski definition) is 2. The van der Waals surface area contributed by atoms with Gasteiger partial charge in [0.05, 0.1) is 4.92 Å². The van der Waals surface area contributed by atoms with Crippen LogP contribution in [0.15, 0.2) is 83.8 Å². The molecular formula is C22H19N3O7S. The highest BCUT2D eigenvalue weighted by atomic mass is 32.2. The summed E-state index contributed by atoms with van der Waals surface area (Å²) in [6.07, 6.45) is 0.213. The first kappa shape index (κ1) is 23.4. The number of benzene rings is 3. The fourth-order valence-corrected chi connectivity index (χ4v) is 3.87. The monoisotopic (exact) mass is 469 g/mol. The second-order valence-electron chi connectivity index (χ2n) is 6.93. The number of rotatable bonds is 9. The van der Waals surface area contributed by atoms with E-state index in [2.05, 4.69) is 5.32 Å². The molecule has 3 aromatic rings. The second-order valence-corrected chi connectivity index (χ2v) is 8.48. The highest BCUT2D eigenvalue weighted by molar-refractivity contribution is 7.87. The van der Waals surface area contributed by atoms with Crippen LogP contribution in [0.2, 0.25) is 0 Å². The molecule has 3 rings (SSSR count). The Hall–Kier alpha value is -4.25. The Labute approximate surface area is 189 Å². The molecule has 0 aliphatic heterocycles. The van der Waals surface area contributed by atoms with E-state index in [1.807, 2.05) is 6.07 Å². The van der Waals surface area contributed by atoms with E-state index in [0.717, 1.165) is 17.7 Å². The van der Waals surface area contributed by atoms with Gasteiger partial charge in [0.25, 0.3) is 11.6 Å². The van der Waals surface area contributed by atoms with Crippen molar-refractivity contribution < 1.29 is 27.1 Å². The smallest absolute Gasteiger partial charge is 0.339 e. The quantitative estimate of drug-likeness (QED) is 0.276. The SMILES string of the molecule is NC(=O)C(Cc1ccccc1)NC(=O)c1ccc(OS(=O)(=O)c2cccc([N+](=O)[O-])c2)cc1. The first-order chi connectivity index (χ1) is 15.7. The Bertz CT molecular complexity index is 1280. The van der Waals surface area contributed by atoms with Crippen LogP contribution < -0.4 is 15.2 Å². The van der Waals surface area contributed by atoms with E-state index < -0.39 is 38.6 Å². The molecule has 0 spiro atoms. The van der Waals surface area contributed by atoms with Gasteiger partial charge < -0.3 is 15.2 Å². The maximum absolute atomic E-state index is 12.5. The molecule has 0 bridgehead atoms. The van der Waals surface area contributed by atoms with Crippen molar-refractivity contribution in [2.45, 2.75) is 17.4 Å². The van der Waals surface area contributed by atoms with Gasteiger partial charge in [0, 0.05) is 24.1 Å². The minimum atomic E-state index is -4.33. The van der Waals surface area contributed by atoms with Gasteiger partial charge in [-0.25, -0.2) is 0 Å². The number of hydrogen-bond acceptors (Lipinski definition) is 7. The van der Waals surface area contributed by atoms with Crippen LogP contribution in [0.4, 0.5) is 5.69 Å². The van der Waals surface area contributed by atoms with Crippen molar-refractivity contribution in [3.8, 4) is 5.75 Å². The standard InChI is InChI=1S/C22H19N3O7S/c23-21(26)20(13-15-5-2-1-3-6-15)24-22(27)16-9-11-18(12-10-16)32-33(30,31)19-8-4-7-17(14-19)25(28)29/h1-12,14,20H,13H2,(H2,23,26)(H,24,27). The number of nitrogens with one attached hydrogen (secondary N) is 1. The molecule has 2 amide bonds. The van der Waals surface area contributed by atoms with Crippen LogP contribution in [0.25, 0.3) is 0 Å². The van der Waals surface area contributed by atoms with Crippen molar-refractivity contribution in [3.05, 3.63) is 100 Å². The van der Waals surface area contributed by atoms with E-state index in [9.17, 15) is 28.1 Å². The first-order valence-corrected chi connectivity index (χ1v) is 11.0. The van der Waals surface area contributed by atoms with Crippen molar-refractivity contribution in [1.29, 1.82) is 0 Å². The van der Waals surface area contributed by atoms with E-state index in [1.165, 1.54) is 36.4 Å². The summed E-state index contributed by atoms with van der Waals surface area (Å²) < 4.78 is 29.8. The molecule has 0 saturated carbocycles. The number of carbonyl (C=O) groups excluding carboxylic acids is 2. The van der Waals surface area contributed by atoms with E-state index in [4.69, 9.17) is 9.92 Å². The molecule has 0 heterocycles. The van der Waals surface area contributed by atoms with Gasteiger partial charge in [-0.2, -0.15) is 8.42 Å². The second kappa shape index (κ2) is 9.92. The molecule has 0 radical (unpaired) electrons. The van der Waals surface area contributed by atoms with Gasteiger partial charge in [0.1, 0.15) is 16.7 Å². The molecule has 170 valence electrons. The van der Waals surface area contributed by atoms with Crippen LogP contribution in [0, 0.1) is 10.1 Å². The van der Waals surface area contributed by atoms with Gasteiger partial charge in [0.2, 0.25) is 5.91 Å². The van der Waals surface area contributed by atoms with Gasteiger partial charge in [-0.1, -0.05) is 36.4 Å². The van der Waals surface area contributed by atoms with Gasteiger partial charge in [-0.3, -0.25) is 19.7 Å². The molecule has 0 fully saturated rings. The molecule has 33 heavy (non-hydrogen) atoms. The Morgan fingerprint density at radius 3 is 2.27 bits per heavy atom. The summed E-state index contributed by atoms with van der Waals surface area (Å²) in [5.74, 6) is -1.38. The Morgan fingerprint density at radius 1 is 1.00 bits per heavy atom. The molecule has 0 aromatic heterocycles. The predicted molar refractivity (Wildman–Crippen MR) is 118 cm³/mol. The van der Waals surface area contributed by atoms with Crippen molar-refractivity contribution in [2.24, 2.45) is 5.73 Å². The molecular weight excluding hydrogens is 450 g/mol. The lowest BCUT2D eigenvalue weighted by Gasteiger charge is -2.16. The number of nitro groups is 1. The average molecular weight is 469 g/mol. The van der Waals surface area contributed by atoms with Crippen LogP contribution in [0.3, 0.4) is 0 Å². The topological polar surface area (TPSA) is 159 Å². The molecule has 0 aliphatic carbocycles. The maximum atomic E-state index is 12.5. The number of nitrogens with two attached hydrogens (primary N) is 1. The fraction of sp³-hybridized carbons (Fsp3) is 0.0909. The van der Waals surface area contributed by atoms with Crippen molar-refractivity contribution in [3.63, 3.8) is 0 Å². The third kappa shape index (κ3) is 6.14. The first-order valence-electron chi connectivity index (χ1n) is 9.59. The van der Waals surface area contributed by atoms with Crippen LogP contribution in [-0.2, 0) is 21.3 Å². The summed E-state index contributed by atoms with van der Waals surface area (Å²) in [6, 6.07) is 17.7. The van der Waals surface area contributed by atoms with Crippen LogP contribution in [0.5, 0.6) is 5.75 Å². The van der Waals surface area contributed by atoms with Crippen LogP contribution >= 0.6 is 0 Å². The zero-order valence-electron chi connectivity index (χ0n) is 17.1. The van der Waals surface area contributed by atoms with Crippen molar-refractivity contribution in [2.75, 3.05) is 0 Å². The lowest BCUT2D eigenvalue weighted by molar-refractivity contribution is -0.385. The zero-order valence-corrected chi connectivity index (χ0v) is 17.9. The molecule has 3 N–H and O–H groups in total. The molecule has 11 heteroatoms. The highest BCUT2D eigenvalue weighted by Gasteiger charge is 2.22. The maximum Gasteiger partial charge on any atom is 0.339 e. The molecule has 1 unspecified atom stereocenters. The van der Waals surface area contributed by atoms with Gasteiger partial charge >= 0.3 is 10.1 Å². The summed E-state index contributed by atoms with van der Waals surface area (Å²) in [6.45, 7) is 0. The minimum absolute atomic E-state index is 0.103.